The van der Waals surface area contributed by atoms with Crippen LogP contribution >= 0.6 is 0 Å². The van der Waals surface area contributed by atoms with E-state index in [1.807, 2.05) is 6.92 Å². The molecule has 40 heavy (non-hydrogen) atoms. The van der Waals surface area contributed by atoms with Gasteiger partial charge in [0.05, 0.1) is 11.6 Å². The highest BCUT2D eigenvalue weighted by Crippen LogP contribution is 2.53. The SMILES string of the molecule is CCCN(Cc1cc(O)c2c(c1F)C[C@H]1C[C@H]3[C@H](N(C)C)C(=O)C(C(N)=O)=C(O)[C@@]3(O)C(=O)C1=C2O)C1(C)CC1. The molecule has 0 unspecified atom stereocenters. The van der Waals surface area contributed by atoms with Crippen molar-refractivity contribution in [3.8, 4) is 5.75 Å². The quantitative estimate of drug-likeness (QED) is 0.315. The predicted molar refractivity (Wildman–Crippen MR) is 143 cm³/mol. The van der Waals surface area contributed by atoms with Crippen molar-refractivity contribution in [2.45, 2.75) is 69.7 Å². The minimum atomic E-state index is -2.72. The number of primary amides is 1. The fraction of sp³-hybridized carbons (Fsp3) is 0.552. The van der Waals surface area contributed by atoms with Crippen LogP contribution in [0.5, 0.6) is 5.75 Å². The zero-order valence-corrected chi connectivity index (χ0v) is 23.1. The number of fused-ring (bicyclic) bond motifs is 3. The van der Waals surface area contributed by atoms with Gasteiger partial charge in [0.2, 0.25) is 5.78 Å². The number of rotatable bonds is 7. The number of carbonyl (C=O) groups is 3. The van der Waals surface area contributed by atoms with Crippen molar-refractivity contribution in [2.75, 3.05) is 20.6 Å². The van der Waals surface area contributed by atoms with Gasteiger partial charge in [-0.3, -0.25) is 24.2 Å². The highest BCUT2D eigenvalue weighted by Gasteiger charge is 2.64. The van der Waals surface area contributed by atoms with Gasteiger partial charge in [-0.25, -0.2) is 4.39 Å². The van der Waals surface area contributed by atoms with Crippen molar-refractivity contribution >= 4 is 23.2 Å². The van der Waals surface area contributed by atoms with Crippen molar-refractivity contribution < 1.29 is 39.2 Å². The number of phenols is 1. The second-order valence-electron chi connectivity index (χ2n) is 12.1. The molecule has 4 aliphatic rings. The molecule has 1 aromatic carbocycles. The number of halogens is 1. The molecule has 1 amide bonds. The summed E-state index contributed by atoms with van der Waals surface area (Å²) in [6.07, 6.45) is 2.71. The van der Waals surface area contributed by atoms with Crippen molar-refractivity contribution in [3.63, 3.8) is 0 Å². The number of hydrogen-bond acceptors (Lipinski definition) is 9. The van der Waals surface area contributed by atoms with Gasteiger partial charge in [-0.1, -0.05) is 6.92 Å². The third-order valence-electron chi connectivity index (χ3n) is 9.32. The van der Waals surface area contributed by atoms with E-state index in [-0.39, 0.29) is 47.2 Å². The van der Waals surface area contributed by atoms with Crippen LogP contribution in [0.15, 0.2) is 23.0 Å². The number of carbonyl (C=O) groups excluding carboxylic acids is 3. The summed E-state index contributed by atoms with van der Waals surface area (Å²) in [5.74, 6) is -8.11. The first-order valence-corrected chi connectivity index (χ1v) is 13.6. The van der Waals surface area contributed by atoms with Crippen LogP contribution in [-0.2, 0) is 27.3 Å². The maximum Gasteiger partial charge on any atom is 0.255 e. The van der Waals surface area contributed by atoms with Gasteiger partial charge in [0.15, 0.2) is 11.4 Å². The van der Waals surface area contributed by atoms with E-state index in [9.17, 15) is 34.8 Å². The Balaban J connectivity index is 1.63. The van der Waals surface area contributed by atoms with Gasteiger partial charge in [-0.2, -0.15) is 0 Å². The average Bonchev–Trinajstić information content (AvgIpc) is 3.61. The van der Waals surface area contributed by atoms with E-state index in [4.69, 9.17) is 5.73 Å². The molecule has 0 aliphatic heterocycles. The van der Waals surface area contributed by atoms with Crippen molar-refractivity contribution in [3.05, 3.63) is 45.5 Å². The number of phenolic OH excluding ortho intramolecular Hbond substituents is 1. The lowest BCUT2D eigenvalue weighted by molar-refractivity contribution is -0.153. The molecular formula is C29H36FN3O7. The second kappa shape index (κ2) is 9.39. The topological polar surface area (TPSA) is 165 Å². The molecular weight excluding hydrogens is 521 g/mol. The lowest BCUT2D eigenvalue weighted by Gasteiger charge is -2.50. The van der Waals surface area contributed by atoms with Gasteiger partial charge >= 0.3 is 0 Å². The Morgan fingerprint density at radius 3 is 2.40 bits per heavy atom. The molecule has 10 nitrogen and oxygen atoms in total. The molecule has 11 heteroatoms. The molecule has 0 saturated heterocycles. The molecule has 0 aromatic heterocycles. The fourth-order valence-electron chi connectivity index (χ4n) is 6.97. The number of aliphatic hydroxyl groups is 3. The molecule has 0 heterocycles. The van der Waals surface area contributed by atoms with E-state index < -0.39 is 69.6 Å². The summed E-state index contributed by atoms with van der Waals surface area (Å²) in [6, 6.07) is 0.0675. The summed E-state index contributed by atoms with van der Waals surface area (Å²) in [7, 11) is 3.06. The Morgan fingerprint density at radius 2 is 1.85 bits per heavy atom. The van der Waals surface area contributed by atoms with Crippen LogP contribution < -0.4 is 5.73 Å². The Kier molecular flexibility index (Phi) is 6.63. The largest absolute Gasteiger partial charge is 0.508 e. The summed E-state index contributed by atoms with van der Waals surface area (Å²) in [6.45, 7) is 5.19. The zero-order chi connectivity index (χ0) is 29.5. The third kappa shape index (κ3) is 3.89. The fourth-order valence-corrected chi connectivity index (χ4v) is 6.97. The number of aliphatic hydroxyl groups excluding tert-OH is 2. The molecule has 4 atom stereocenters. The highest BCUT2D eigenvalue weighted by atomic mass is 19.1. The lowest BCUT2D eigenvalue weighted by atomic mass is 9.57. The van der Waals surface area contributed by atoms with E-state index in [0.29, 0.717) is 0 Å². The number of nitrogens with zero attached hydrogens (tertiary/aromatic N) is 2. The second-order valence-corrected chi connectivity index (χ2v) is 12.1. The average molecular weight is 558 g/mol. The van der Waals surface area contributed by atoms with Gasteiger partial charge in [-0.05, 0) is 71.7 Å². The van der Waals surface area contributed by atoms with Crippen LogP contribution in [0.3, 0.4) is 0 Å². The predicted octanol–water partition coefficient (Wildman–Crippen LogP) is 1.87. The number of amides is 1. The first-order valence-electron chi connectivity index (χ1n) is 13.6. The first-order chi connectivity index (χ1) is 18.7. The van der Waals surface area contributed by atoms with Gasteiger partial charge in [0.1, 0.15) is 28.7 Å². The standard InChI is InChI=1S/C29H36FN3O7/c1-5-8-33(28(2)6-7-28)12-14-11-17(34)19-15(21(14)30)9-13-10-16-22(32(3)4)24(36)20(27(31)39)26(38)29(16,40)25(37)18(13)23(19)35/h11,13,16,22,34-35,38,40H,5-10,12H2,1-4H3,(H2,31,39)/t13-,16-,22-,29-/m0/s1. The van der Waals surface area contributed by atoms with Crippen LogP contribution in [0.1, 0.15) is 56.2 Å². The summed E-state index contributed by atoms with van der Waals surface area (Å²) in [4.78, 5) is 42.7. The van der Waals surface area contributed by atoms with Gasteiger partial charge in [0, 0.05) is 34.7 Å². The number of likely N-dealkylation sites (N-methyl/N-ethyl adjacent to an activating group) is 1. The summed E-state index contributed by atoms with van der Waals surface area (Å²) in [5, 5.41) is 44.8. The van der Waals surface area contributed by atoms with Crippen LogP contribution in [-0.4, -0.2) is 85.5 Å². The summed E-state index contributed by atoms with van der Waals surface area (Å²) >= 11 is 0. The molecule has 0 spiro atoms. The molecule has 5 rings (SSSR count). The van der Waals surface area contributed by atoms with Crippen molar-refractivity contribution in [1.82, 2.24) is 9.80 Å². The molecule has 1 aromatic rings. The Morgan fingerprint density at radius 1 is 1.20 bits per heavy atom. The van der Waals surface area contributed by atoms with Gasteiger partial charge in [-0.15, -0.1) is 0 Å². The highest BCUT2D eigenvalue weighted by molar-refractivity contribution is 6.24. The molecule has 2 saturated carbocycles. The maximum atomic E-state index is 16.1. The smallest absolute Gasteiger partial charge is 0.255 e. The van der Waals surface area contributed by atoms with Crippen molar-refractivity contribution in [1.29, 1.82) is 0 Å². The van der Waals surface area contributed by atoms with Crippen LogP contribution in [0.4, 0.5) is 4.39 Å². The number of nitrogens with two attached hydrogens (primary N) is 1. The van der Waals surface area contributed by atoms with Gasteiger partial charge < -0.3 is 26.2 Å². The molecule has 0 bridgehead atoms. The maximum absolute atomic E-state index is 16.1. The van der Waals surface area contributed by atoms with E-state index in [1.165, 1.54) is 25.1 Å². The monoisotopic (exact) mass is 557 g/mol. The van der Waals surface area contributed by atoms with Crippen LogP contribution in [0, 0.1) is 17.7 Å². The number of aromatic hydroxyl groups is 1. The van der Waals surface area contributed by atoms with E-state index in [1.54, 1.807) is 0 Å². The minimum Gasteiger partial charge on any atom is -0.508 e. The van der Waals surface area contributed by atoms with Crippen LogP contribution in [0.25, 0.3) is 5.76 Å². The normalized spacial score (nSPS) is 29.1. The van der Waals surface area contributed by atoms with Gasteiger partial charge in [0.25, 0.3) is 5.91 Å². The zero-order valence-electron chi connectivity index (χ0n) is 23.1. The molecule has 4 aliphatic carbocycles. The molecule has 6 N–H and O–H groups in total. The Bertz CT molecular complexity index is 1400. The first kappa shape index (κ1) is 28.3. The molecule has 0 radical (unpaired) electrons. The molecule has 216 valence electrons. The Labute approximate surface area is 231 Å². The number of ketones is 2. The minimum absolute atomic E-state index is 0.0303. The Hall–Kier alpha value is -3.28. The van der Waals surface area contributed by atoms with E-state index in [2.05, 4.69) is 11.8 Å². The van der Waals surface area contributed by atoms with Crippen molar-refractivity contribution in [2.24, 2.45) is 17.6 Å². The number of benzene rings is 1. The summed E-state index contributed by atoms with van der Waals surface area (Å²) in [5.41, 5.74) is 1.50. The van der Waals surface area contributed by atoms with Crippen LogP contribution in [0.2, 0.25) is 0 Å². The van der Waals surface area contributed by atoms with E-state index in [0.717, 1.165) is 25.8 Å². The molecule has 2 fully saturated rings. The third-order valence-corrected chi connectivity index (χ3v) is 9.32. The van der Waals surface area contributed by atoms with E-state index >= 15 is 4.39 Å². The number of hydrogen-bond donors (Lipinski definition) is 5. The summed E-state index contributed by atoms with van der Waals surface area (Å²) < 4.78 is 16.1. The number of Topliss-reactive ketones (excluding diaryl/α,β-unsaturated/α-hetero) is 2. The lowest BCUT2D eigenvalue weighted by Crippen LogP contribution is -2.65.